The molecule has 2 aromatic carbocycles. The van der Waals surface area contributed by atoms with Crippen molar-refractivity contribution < 1.29 is 0 Å². The van der Waals surface area contributed by atoms with Crippen LogP contribution in [0.4, 0.5) is 5.69 Å². The lowest BCUT2D eigenvalue weighted by molar-refractivity contribution is 0.617. The lowest BCUT2D eigenvalue weighted by atomic mass is 10.1. The Labute approximate surface area is 131 Å². The van der Waals surface area contributed by atoms with Crippen LogP contribution in [-0.2, 0) is 6.54 Å². The summed E-state index contributed by atoms with van der Waals surface area (Å²) in [6.45, 7) is 5.35. The van der Waals surface area contributed by atoms with E-state index >= 15 is 0 Å². The van der Waals surface area contributed by atoms with E-state index in [0.29, 0.717) is 0 Å². The molecule has 0 aliphatic heterocycles. The van der Waals surface area contributed by atoms with E-state index in [9.17, 15) is 0 Å². The fourth-order valence-electron chi connectivity index (χ4n) is 2.94. The number of imidazole rings is 1. The summed E-state index contributed by atoms with van der Waals surface area (Å²) in [4.78, 5) is 4.86. The minimum atomic E-state index is 0.751. The molecule has 3 rings (SSSR count). The van der Waals surface area contributed by atoms with Crippen LogP contribution in [0.3, 0.4) is 0 Å². The Bertz CT molecular complexity index is 786. The normalized spacial score (nSPS) is 11.2. The van der Waals surface area contributed by atoms with Gasteiger partial charge in [-0.15, -0.1) is 0 Å². The van der Waals surface area contributed by atoms with Crippen molar-refractivity contribution in [3.63, 3.8) is 0 Å². The zero-order chi connectivity index (χ0) is 15.5. The van der Waals surface area contributed by atoms with Gasteiger partial charge in [0.25, 0.3) is 0 Å². The van der Waals surface area contributed by atoms with Crippen LogP contribution in [0.2, 0.25) is 0 Å². The first kappa shape index (κ1) is 14.6. The monoisotopic (exact) mass is 293 g/mol. The average molecular weight is 293 g/mol. The number of benzene rings is 2. The maximum Gasteiger partial charge on any atom is 0.141 e. The standard InChI is InChI=1S/C19H23N3/c1-3-4-7-13-22-17-12-8-11-16(20)18(17)21-19(22)15-10-6-5-9-14(15)2/h5-6,8-12H,3-4,7,13,20H2,1-2H3. The molecule has 0 fully saturated rings. The molecule has 22 heavy (non-hydrogen) atoms. The number of nitrogens with zero attached hydrogens (tertiary/aromatic N) is 2. The third kappa shape index (κ3) is 2.59. The van der Waals surface area contributed by atoms with Crippen LogP contribution < -0.4 is 5.73 Å². The number of unbranched alkanes of at least 4 members (excludes halogenated alkanes) is 2. The van der Waals surface area contributed by atoms with E-state index in [-0.39, 0.29) is 0 Å². The largest absolute Gasteiger partial charge is 0.397 e. The second-order valence-electron chi connectivity index (χ2n) is 5.82. The molecule has 0 aliphatic rings. The van der Waals surface area contributed by atoms with Crippen molar-refractivity contribution in [2.45, 2.75) is 39.7 Å². The highest BCUT2D eigenvalue weighted by molar-refractivity contribution is 5.90. The molecule has 0 bridgehead atoms. The Kier molecular flexibility index (Phi) is 4.14. The van der Waals surface area contributed by atoms with Gasteiger partial charge in [0.2, 0.25) is 0 Å². The number of nitrogens with two attached hydrogens (primary N) is 1. The number of hydrogen-bond acceptors (Lipinski definition) is 2. The van der Waals surface area contributed by atoms with E-state index in [1.54, 1.807) is 0 Å². The van der Waals surface area contributed by atoms with Gasteiger partial charge in [0.05, 0.1) is 11.2 Å². The summed E-state index contributed by atoms with van der Waals surface area (Å²) in [6.07, 6.45) is 3.61. The summed E-state index contributed by atoms with van der Waals surface area (Å²) in [5.41, 5.74) is 11.4. The third-order valence-corrected chi connectivity index (χ3v) is 4.18. The molecule has 3 aromatic rings. The molecule has 0 radical (unpaired) electrons. The number of aryl methyl sites for hydroxylation is 2. The highest BCUT2D eigenvalue weighted by Crippen LogP contribution is 2.30. The smallest absolute Gasteiger partial charge is 0.141 e. The molecule has 114 valence electrons. The molecule has 0 aliphatic carbocycles. The van der Waals surface area contributed by atoms with E-state index in [1.807, 2.05) is 12.1 Å². The lowest BCUT2D eigenvalue weighted by Gasteiger charge is -2.10. The van der Waals surface area contributed by atoms with Crippen molar-refractivity contribution >= 4 is 16.7 Å². The molecular weight excluding hydrogens is 270 g/mol. The number of aromatic nitrogens is 2. The summed E-state index contributed by atoms with van der Waals surface area (Å²) in [5, 5.41) is 0. The third-order valence-electron chi connectivity index (χ3n) is 4.18. The van der Waals surface area contributed by atoms with Gasteiger partial charge in [-0.25, -0.2) is 4.98 Å². The Hall–Kier alpha value is -2.29. The quantitative estimate of drug-likeness (QED) is 0.543. The maximum absolute atomic E-state index is 6.13. The Morgan fingerprint density at radius 3 is 2.64 bits per heavy atom. The van der Waals surface area contributed by atoms with Crippen molar-refractivity contribution in [2.75, 3.05) is 5.73 Å². The van der Waals surface area contributed by atoms with Crippen LogP contribution in [0.25, 0.3) is 22.4 Å². The number of hydrogen-bond donors (Lipinski definition) is 1. The first-order chi connectivity index (χ1) is 10.7. The summed E-state index contributed by atoms with van der Waals surface area (Å²) in [5.74, 6) is 1.03. The van der Waals surface area contributed by atoms with Gasteiger partial charge in [0, 0.05) is 12.1 Å². The molecule has 3 heteroatoms. The number of nitrogen functional groups attached to an aromatic ring is 1. The molecule has 0 saturated carbocycles. The van der Waals surface area contributed by atoms with Gasteiger partial charge in [0.15, 0.2) is 0 Å². The van der Waals surface area contributed by atoms with Crippen LogP contribution in [0.15, 0.2) is 42.5 Å². The molecular formula is C19H23N3. The first-order valence-electron chi connectivity index (χ1n) is 8.03. The minimum Gasteiger partial charge on any atom is -0.397 e. The summed E-state index contributed by atoms with van der Waals surface area (Å²) < 4.78 is 2.32. The minimum absolute atomic E-state index is 0.751. The van der Waals surface area contributed by atoms with Gasteiger partial charge in [-0.05, 0) is 31.0 Å². The van der Waals surface area contributed by atoms with Gasteiger partial charge >= 0.3 is 0 Å². The van der Waals surface area contributed by atoms with Crippen LogP contribution >= 0.6 is 0 Å². The van der Waals surface area contributed by atoms with Crippen LogP contribution in [0.1, 0.15) is 31.7 Å². The molecule has 0 spiro atoms. The SMILES string of the molecule is CCCCCn1c(-c2ccccc2C)nc2c(N)cccc21. The van der Waals surface area contributed by atoms with E-state index < -0.39 is 0 Å². The summed E-state index contributed by atoms with van der Waals surface area (Å²) >= 11 is 0. The molecule has 1 aromatic heterocycles. The lowest BCUT2D eigenvalue weighted by Crippen LogP contribution is -2.01. The van der Waals surface area contributed by atoms with E-state index in [2.05, 4.69) is 48.7 Å². The summed E-state index contributed by atoms with van der Waals surface area (Å²) in [6, 6.07) is 14.5. The Morgan fingerprint density at radius 2 is 1.86 bits per heavy atom. The van der Waals surface area contributed by atoms with Crippen LogP contribution in [-0.4, -0.2) is 9.55 Å². The van der Waals surface area contributed by atoms with Crippen molar-refractivity contribution in [3.05, 3.63) is 48.0 Å². The molecule has 0 unspecified atom stereocenters. The van der Waals surface area contributed by atoms with Crippen molar-refractivity contribution in [3.8, 4) is 11.4 Å². The fourth-order valence-corrected chi connectivity index (χ4v) is 2.94. The second kappa shape index (κ2) is 6.22. The Balaban J connectivity index is 2.17. The first-order valence-corrected chi connectivity index (χ1v) is 8.03. The number of rotatable bonds is 5. The van der Waals surface area contributed by atoms with Crippen molar-refractivity contribution in [1.82, 2.24) is 9.55 Å². The molecule has 2 N–H and O–H groups in total. The zero-order valence-corrected chi connectivity index (χ0v) is 13.3. The molecule has 0 atom stereocenters. The van der Waals surface area contributed by atoms with Crippen LogP contribution in [0.5, 0.6) is 0 Å². The van der Waals surface area contributed by atoms with Gasteiger partial charge in [0.1, 0.15) is 11.3 Å². The van der Waals surface area contributed by atoms with Gasteiger partial charge in [-0.3, -0.25) is 0 Å². The maximum atomic E-state index is 6.13. The van der Waals surface area contributed by atoms with Gasteiger partial charge in [-0.2, -0.15) is 0 Å². The van der Waals surface area contributed by atoms with E-state index in [4.69, 9.17) is 10.7 Å². The van der Waals surface area contributed by atoms with E-state index in [0.717, 1.165) is 35.5 Å². The van der Waals surface area contributed by atoms with Crippen molar-refractivity contribution in [2.24, 2.45) is 0 Å². The number of para-hydroxylation sites is 1. The van der Waals surface area contributed by atoms with Gasteiger partial charge < -0.3 is 10.3 Å². The van der Waals surface area contributed by atoms with Crippen LogP contribution in [0, 0.1) is 6.92 Å². The second-order valence-corrected chi connectivity index (χ2v) is 5.82. The molecule has 0 amide bonds. The highest BCUT2D eigenvalue weighted by Gasteiger charge is 2.15. The van der Waals surface area contributed by atoms with Crippen molar-refractivity contribution in [1.29, 1.82) is 0 Å². The number of anilines is 1. The average Bonchev–Trinajstić information content (AvgIpc) is 2.88. The van der Waals surface area contributed by atoms with Gasteiger partial charge in [-0.1, -0.05) is 50.1 Å². The predicted octanol–water partition coefficient (Wildman–Crippen LogP) is 4.78. The molecule has 0 saturated heterocycles. The predicted molar refractivity (Wildman–Crippen MR) is 93.8 cm³/mol. The summed E-state index contributed by atoms with van der Waals surface area (Å²) in [7, 11) is 0. The Morgan fingerprint density at radius 1 is 1.05 bits per heavy atom. The fraction of sp³-hybridized carbons (Fsp3) is 0.316. The topological polar surface area (TPSA) is 43.8 Å². The zero-order valence-electron chi connectivity index (χ0n) is 13.3. The van der Waals surface area contributed by atoms with E-state index in [1.165, 1.54) is 24.0 Å². The number of fused-ring (bicyclic) bond motifs is 1. The highest BCUT2D eigenvalue weighted by atomic mass is 15.1. The molecule has 3 nitrogen and oxygen atoms in total. The molecule has 1 heterocycles.